The van der Waals surface area contributed by atoms with Crippen molar-refractivity contribution in [1.29, 1.82) is 0 Å². The summed E-state index contributed by atoms with van der Waals surface area (Å²) >= 11 is 0. The van der Waals surface area contributed by atoms with Crippen LogP contribution in [0.15, 0.2) is 48.0 Å². The molecular formula is C18H13F3O3. The van der Waals surface area contributed by atoms with Crippen molar-refractivity contribution in [1.82, 2.24) is 0 Å². The van der Waals surface area contributed by atoms with E-state index in [4.69, 9.17) is 9.47 Å². The maximum Gasteiger partial charge on any atom is 0.416 e. The first kappa shape index (κ1) is 16.1. The lowest BCUT2D eigenvalue weighted by molar-refractivity contribution is -0.137. The second-order valence-corrected chi connectivity index (χ2v) is 5.23. The Bertz CT molecular complexity index is 822. The average Bonchev–Trinajstić information content (AvgIpc) is 2.57. The molecule has 6 heteroatoms. The number of alkyl halides is 3. The van der Waals surface area contributed by atoms with Gasteiger partial charge in [-0.1, -0.05) is 18.2 Å². The predicted octanol–water partition coefficient (Wildman–Crippen LogP) is 4.37. The van der Waals surface area contributed by atoms with Gasteiger partial charge < -0.3 is 9.47 Å². The van der Waals surface area contributed by atoms with Gasteiger partial charge in [0, 0.05) is 5.57 Å². The van der Waals surface area contributed by atoms with Crippen LogP contribution in [0.3, 0.4) is 0 Å². The van der Waals surface area contributed by atoms with Crippen LogP contribution in [0.2, 0.25) is 0 Å². The van der Waals surface area contributed by atoms with Crippen molar-refractivity contribution >= 4 is 11.9 Å². The van der Waals surface area contributed by atoms with Gasteiger partial charge in [-0.25, -0.2) is 0 Å². The monoisotopic (exact) mass is 334 g/mol. The molecule has 1 heterocycles. The van der Waals surface area contributed by atoms with Gasteiger partial charge in [-0.15, -0.1) is 0 Å². The molecule has 0 bridgehead atoms. The van der Waals surface area contributed by atoms with E-state index in [9.17, 15) is 18.0 Å². The molecule has 0 fully saturated rings. The summed E-state index contributed by atoms with van der Waals surface area (Å²) in [5.41, 5.74) is -0.422. The molecule has 24 heavy (non-hydrogen) atoms. The van der Waals surface area contributed by atoms with Crippen molar-refractivity contribution in [2.24, 2.45) is 0 Å². The summed E-state index contributed by atoms with van der Waals surface area (Å²) in [6, 6.07) is 9.88. The summed E-state index contributed by atoms with van der Waals surface area (Å²) in [4.78, 5) is 12.6. The summed E-state index contributed by atoms with van der Waals surface area (Å²) in [5, 5.41) is 0. The Balaban J connectivity index is 2.03. The third-order valence-electron chi connectivity index (χ3n) is 3.70. The number of hydrogen-bond acceptors (Lipinski definition) is 3. The highest BCUT2D eigenvalue weighted by molar-refractivity contribution is 6.14. The first-order valence-electron chi connectivity index (χ1n) is 7.12. The summed E-state index contributed by atoms with van der Waals surface area (Å²) in [7, 11) is 1.46. The lowest BCUT2D eigenvalue weighted by atomic mass is 9.96. The molecule has 3 nitrogen and oxygen atoms in total. The van der Waals surface area contributed by atoms with Crippen LogP contribution in [-0.4, -0.2) is 19.5 Å². The van der Waals surface area contributed by atoms with Crippen LogP contribution in [0, 0.1) is 0 Å². The molecule has 0 atom stereocenters. The fourth-order valence-corrected chi connectivity index (χ4v) is 2.51. The van der Waals surface area contributed by atoms with Gasteiger partial charge in [0.25, 0.3) is 0 Å². The predicted molar refractivity (Wildman–Crippen MR) is 82.2 cm³/mol. The van der Waals surface area contributed by atoms with Crippen molar-refractivity contribution in [2.45, 2.75) is 6.18 Å². The van der Waals surface area contributed by atoms with E-state index in [1.807, 2.05) is 0 Å². The SMILES string of the molecule is COc1ccc2c(c1)C(=O)/C(=C/c1ccccc1C(F)(F)F)CO2. The van der Waals surface area contributed by atoms with Gasteiger partial charge in [0.2, 0.25) is 0 Å². The van der Waals surface area contributed by atoms with Crippen LogP contribution in [0.4, 0.5) is 13.2 Å². The van der Waals surface area contributed by atoms with E-state index >= 15 is 0 Å². The van der Waals surface area contributed by atoms with Crippen LogP contribution in [0.25, 0.3) is 6.08 Å². The Morgan fingerprint density at radius 2 is 1.92 bits per heavy atom. The first-order chi connectivity index (χ1) is 11.4. The van der Waals surface area contributed by atoms with Crippen LogP contribution in [-0.2, 0) is 6.18 Å². The molecule has 124 valence electrons. The summed E-state index contributed by atoms with van der Waals surface area (Å²) in [5.74, 6) is 0.497. The number of halogens is 3. The Hall–Kier alpha value is -2.76. The van der Waals surface area contributed by atoms with Crippen molar-refractivity contribution in [3.63, 3.8) is 0 Å². The second-order valence-electron chi connectivity index (χ2n) is 5.23. The van der Waals surface area contributed by atoms with Crippen molar-refractivity contribution in [2.75, 3.05) is 13.7 Å². The highest BCUT2D eigenvalue weighted by atomic mass is 19.4. The number of methoxy groups -OCH3 is 1. The van der Waals surface area contributed by atoms with E-state index < -0.39 is 11.7 Å². The van der Waals surface area contributed by atoms with Crippen molar-refractivity contribution in [3.8, 4) is 11.5 Å². The second kappa shape index (κ2) is 6.03. The van der Waals surface area contributed by atoms with Gasteiger partial charge in [-0.2, -0.15) is 13.2 Å². The molecule has 0 saturated carbocycles. The Labute approximate surface area is 136 Å². The fraction of sp³-hybridized carbons (Fsp3) is 0.167. The zero-order valence-corrected chi connectivity index (χ0v) is 12.7. The molecule has 3 rings (SSSR count). The number of ketones is 1. The third-order valence-corrected chi connectivity index (χ3v) is 3.70. The molecule has 0 aliphatic carbocycles. The van der Waals surface area contributed by atoms with E-state index in [0.29, 0.717) is 11.5 Å². The molecule has 0 unspecified atom stereocenters. The molecule has 0 spiro atoms. The highest BCUT2D eigenvalue weighted by Gasteiger charge is 2.33. The number of hydrogen-bond donors (Lipinski definition) is 0. The topological polar surface area (TPSA) is 35.5 Å². The number of ether oxygens (including phenoxy) is 2. The summed E-state index contributed by atoms with van der Waals surface area (Å²) < 4.78 is 49.8. The standard InChI is InChI=1S/C18H13F3O3/c1-23-13-6-7-16-14(9-13)17(22)12(10-24-16)8-11-4-2-3-5-15(11)18(19,20)21/h2-9H,10H2,1H3/b12-8+. The number of rotatable bonds is 2. The van der Waals surface area contributed by atoms with Crippen LogP contribution < -0.4 is 9.47 Å². The largest absolute Gasteiger partial charge is 0.497 e. The highest BCUT2D eigenvalue weighted by Crippen LogP contribution is 2.35. The average molecular weight is 334 g/mol. The van der Waals surface area contributed by atoms with E-state index in [1.54, 1.807) is 12.1 Å². The van der Waals surface area contributed by atoms with Gasteiger partial charge in [0.15, 0.2) is 5.78 Å². The van der Waals surface area contributed by atoms with Crippen molar-refractivity contribution in [3.05, 3.63) is 64.7 Å². The van der Waals surface area contributed by atoms with Gasteiger partial charge in [-0.05, 0) is 35.9 Å². The van der Waals surface area contributed by atoms with E-state index in [2.05, 4.69) is 0 Å². The van der Waals surface area contributed by atoms with Gasteiger partial charge in [-0.3, -0.25) is 4.79 Å². The molecule has 0 aromatic heterocycles. The van der Waals surface area contributed by atoms with E-state index in [0.717, 1.165) is 6.07 Å². The lowest BCUT2D eigenvalue weighted by Gasteiger charge is -2.20. The minimum Gasteiger partial charge on any atom is -0.497 e. The van der Waals surface area contributed by atoms with E-state index in [1.165, 1.54) is 37.5 Å². The molecule has 1 aliphatic heterocycles. The lowest BCUT2D eigenvalue weighted by Crippen LogP contribution is -2.19. The molecule has 2 aromatic carbocycles. The first-order valence-corrected chi connectivity index (χ1v) is 7.12. The molecular weight excluding hydrogens is 321 g/mol. The zero-order chi connectivity index (χ0) is 17.3. The summed E-state index contributed by atoms with van der Waals surface area (Å²) in [6.45, 7) is -0.0790. The number of Topliss-reactive ketones (excluding diaryl/α,β-unsaturated/α-hetero) is 1. The normalized spacial score (nSPS) is 15.8. The van der Waals surface area contributed by atoms with Crippen LogP contribution in [0.1, 0.15) is 21.5 Å². The molecule has 0 radical (unpaired) electrons. The van der Waals surface area contributed by atoms with Crippen LogP contribution >= 0.6 is 0 Å². The molecule has 0 N–H and O–H groups in total. The maximum atomic E-state index is 13.1. The fourth-order valence-electron chi connectivity index (χ4n) is 2.51. The van der Waals surface area contributed by atoms with Crippen LogP contribution in [0.5, 0.6) is 11.5 Å². The smallest absolute Gasteiger partial charge is 0.416 e. The van der Waals surface area contributed by atoms with Crippen molar-refractivity contribution < 1.29 is 27.4 Å². The van der Waals surface area contributed by atoms with E-state index in [-0.39, 0.29) is 29.1 Å². The minimum atomic E-state index is -4.49. The Kier molecular flexibility index (Phi) is 4.05. The Morgan fingerprint density at radius 1 is 1.17 bits per heavy atom. The molecule has 1 aliphatic rings. The number of carbonyl (C=O) groups excluding carboxylic acids is 1. The molecule has 0 amide bonds. The summed E-state index contributed by atoms with van der Waals surface area (Å²) in [6.07, 6.45) is -3.26. The number of benzene rings is 2. The number of fused-ring (bicyclic) bond motifs is 1. The quantitative estimate of drug-likeness (QED) is 0.765. The molecule has 2 aromatic rings. The van der Waals surface area contributed by atoms with Gasteiger partial charge >= 0.3 is 6.18 Å². The Morgan fingerprint density at radius 3 is 2.62 bits per heavy atom. The zero-order valence-electron chi connectivity index (χ0n) is 12.7. The number of carbonyl (C=O) groups is 1. The van der Waals surface area contributed by atoms with Gasteiger partial charge in [0.1, 0.15) is 18.1 Å². The minimum absolute atomic E-state index is 0.0664. The van der Waals surface area contributed by atoms with Gasteiger partial charge in [0.05, 0.1) is 18.2 Å². The maximum absolute atomic E-state index is 13.1. The molecule has 0 saturated heterocycles. The third kappa shape index (κ3) is 2.99.